The van der Waals surface area contributed by atoms with Gasteiger partial charge in [-0.05, 0) is 30.0 Å². The normalized spacial score (nSPS) is 10.8. The summed E-state index contributed by atoms with van der Waals surface area (Å²) in [5.41, 5.74) is 2.48. The number of aromatic nitrogens is 1. The third kappa shape index (κ3) is 3.38. The van der Waals surface area contributed by atoms with E-state index in [4.69, 9.17) is 4.74 Å². The number of ether oxygens (including phenoxy) is 1. The van der Waals surface area contributed by atoms with E-state index in [1.165, 1.54) is 15.3 Å². The van der Waals surface area contributed by atoms with Crippen LogP contribution in [0.4, 0.5) is 0 Å². The van der Waals surface area contributed by atoms with Gasteiger partial charge in [0, 0.05) is 29.7 Å². The number of nitrogens with one attached hydrogen (secondary N) is 1. The second-order valence-corrected chi connectivity index (χ2v) is 7.00. The summed E-state index contributed by atoms with van der Waals surface area (Å²) in [4.78, 5) is 7.10. The van der Waals surface area contributed by atoms with Gasteiger partial charge in [0.25, 0.3) is 0 Å². The van der Waals surface area contributed by atoms with Crippen LogP contribution in [0.25, 0.3) is 9.75 Å². The molecule has 1 aromatic carbocycles. The second-order valence-electron chi connectivity index (χ2n) is 4.97. The van der Waals surface area contributed by atoms with Crippen molar-refractivity contribution in [3.63, 3.8) is 0 Å². The van der Waals surface area contributed by atoms with Crippen LogP contribution in [-0.2, 0) is 13.1 Å². The number of aryl methyl sites for hydroxylation is 1. The number of para-hydroxylation sites is 1. The second kappa shape index (κ2) is 7.05. The van der Waals surface area contributed by atoms with E-state index in [0.29, 0.717) is 0 Å². The van der Waals surface area contributed by atoms with Crippen LogP contribution < -0.4 is 10.1 Å². The van der Waals surface area contributed by atoms with Crippen LogP contribution in [0, 0.1) is 6.92 Å². The van der Waals surface area contributed by atoms with Crippen LogP contribution >= 0.6 is 22.7 Å². The minimum absolute atomic E-state index is 0.771. The molecule has 1 N–H and O–H groups in total. The maximum atomic E-state index is 5.36. The van der Waals surface area contributed by atoms with E-state index in [1.807, 2.05) is 24.4 Å². The lowest BCUT2D eigenvalue weighted by Gasteiger charge is -2.08. The Morgan fingerprint density at radius 1 is 1.18 bits per heavy atom. The molecular weight excluding hydrogens is 312 g/mol. The highest BCUT2D eigenvalue weighted by molar-refractivity contribution is 7.21. The number of hydrogen-bond donors (Lipinski definition) is 1. The van der Waals surface area contributed by atoms with Crippen molar-refractivity contribution in [2.45, 2.75) is 20.0 Å². The third-order valence-corrected chi connectivity index (χ3v) is 5.62. The fourth-order valence-electron chi connectivity index (χ4n) is 2.28. The van der Waals surface area contributed by atoms with Crippen LogP contribution in [0.3, 0.4) is 0 Å². The predicted molar refractivity (Wildman–Crippen MR) is 93.7 cm³/mol. The van der Waals surface area contributed by atoms with Gasteiger partial charge in [-0.2, -0.15) is 0 Å². The van der Waals surface area contributed by atoms with Gasteiger partial charge in [0.15, 0.2) is 0 Å². The molecule has 0 fully saturated rings. The highest BCUT2D eigenvalue weighted by atomic mass is 32.1. The molecule has 0 unspecified atom stereocenters. The molecule has 0 aliphatic rings. The molecule has 0 aliphatic heterocycles. The van der Waals surface area contributed by atoms with Crippen molar-refractivity contribution < 1.29 is 4.74 Å². The van der Waals surface area contributed by atoms with Crippen LogP contribution in [0.1, 0.15) is 16.1 Å². The number of thiophene rings is 1. The Kier molecular flexibility index (Phi) is 4.87. The zero-order valence-electron chi connectivity index (χ0n) is 12.6. The van der Waals surface area contributed by atoms with Crippen LogP contribution in [0.15, 0.2) is 41.9 Å². The number of rotatable bonds is 6. The molecule has 0 bridgehead atoms. The molecule has 0 saturated heterocycles. The van der Waals surface area contributed by atoms with Crippen LogP contribution in [0.2, 0.25) is 0 Å². The van der Waals surface area contributed by atoms with Gasteiger partial charge in [-0.15, -0.1) is 22.7 Å². The van der Waals surface area contributed by atoms with E-state index in [9.17, 15) is 0 Å². The minimum Gasteiger partial charge on any atom is -0.496 e. The topological polar surface area (TPSA) is 34.1 Å². The Morgan fingerprint density at radius 3 is 2.82 bits per heavy atom. The first kappa shape index (κ1) is 15.2. The van der Waals surface area contributed by atoms with Gasteiger partial charge in [-0.1, -0.05) is 18.2 Å². The molecule has 3 aromatic rings. The lowest BCUT2D eigenvalue weighted by molar-refractivity contribution is 0.407. The smallest absolute Gasteiger partial charge is 0.123 e. The summed E-state index contributed by atoms with van der Waals surface area (Å²) in [6, 6.07) is 10.2. The summed E-state index contributed by atoms with van der Waals surface area (Å²) in [5, 5.41) is 6.68. The monoisotopic (exact) mass is 330 g/mol. The van der Waals surface area contributed by atoms with Crippen molar-refractivity contribution in [3.05, 3.63) is 58.0 Å². The first-order valence-electron chi connectivity index (χ1n) is 7.09. The Morgan fingerprint density at radius 2 is 2.05 bits per heavy atom. The molecule has 0 aliphatic carbocycles. The Balaban J connectivity index is 1.61. The summed E-state index contributed by atoms with van der Waals surface area (Å²) < 4.78 is 5.36. The molecule has 114 valence electrons. The highest BCUT2D eigenvalue weighted by Crippen LogP contribution is 2.33. The fourth-order valence-corrected chi connectivity index (χ4v) is 4.27. The SMILES string of the molecule is COc1ccccc1CNCc1ncc(-c2sccc2C)s1. The molecule has 2 aromatic heterocycles. The lowest BCUT2D eigenvalue weighted by Crippen LogP contribution is -2.13. The Hall–Kier alpha value is -1.69. The molecular formula is C17H18N2OS2. The first-order valence-corrected chi connectivity index (χ1v) is 8.79. The zero-order chi connectivity index (χ0) is 15.4. The average molecular weight is 330 g/mol. The zero-order valence-corrected chi connectivity index (χ0v) is 14.3. The summed E-state index contributed by atoms with van der Waals surface area (Å²) in [6.07, 6.45) is 1.98. The number of nitrogens with zero attached hydrogens (tertiary/aromatic N) is 1. The number of hydrogen-bond acceptors (Lipinski definition) is 5. The van der Waals surface area contributed by atoms with Crippen molar-refractivity contribution in [1.82, 2.24) is 10.3 Å². The molecule has 0 saturated carbocycles. The quantitative estimate of drug-likeness (QED) is 0.723. The van der Waals surface area contributed by atoms with E-state index < -0.39 is 0 Å². The van der Waals surface area contributed by atoms with Crippen LogP contribution in [0.5, 0.6) is 5.75 Å². The highest BCUT2D eigenvalue weighted by Gasteiger charge is 2.08. The molecule has 22 heavy (non-hydrogen) atoms. The average Bonchev–Trinajstić information content (AvgIpc) is 3.16. The van der Waals surface area contributed by atoms with Crippen molar-refractivity contribution in [2.75, 3.05) is 7.11 Å². The van der Waals surface area contributed by atoms with E-state index in [0.717, 1.165) is 29.4 Å². The summed E-state index contributed by atoms with van der Waals surface area (Å²) in [7, 11) is 1.70. The molecule has 0 amide bonds. The molecule has 0 spiro atoms. The third-order valence-electron chi connectivity index (χ3n) is 3.42. The van der Waals surface area contributed by atoms with Crippen molar-refractivity contribution in [1.29, 1.82) is 0 Å². The van der Waals surface area contributed by atoms with Gasteiger partial charge in [0.2, 0.25) is 0 Å². The maximum Gasteiger partial charge on any atom is 0.123 e. The van der Waals surface area contributed by atoms with Crippen molar-refractivity contribution in [2.24, 2.45) is 0 Å². The maximum absolute atomic E-state index is 5.36. The van der Waals surface area contributed by atoms with Gasteiger partial charge < -0.3 is 10.1 Å². The molecule has 0 atom stereocenters. The van der Waals surface area contributed by atoms with E-state index in [2.05, 4.69) is 34.7 Å². The first-order chi connectivity index (χ1) is 10.8. The van der Waals surface area contributed by atoms with E-state index >= 15 is 0 Å². The molecule has 0 radical (unpaired) electrons. The molecule has 2 heterocycles. The summed E-state index contributed by atoms with van der Waals surface area (Å²) in [6.45, 7) is 3.69. The Labute approximate surface area is 138 Å². The van der Waals surface area contributed by atoms with Crippen molar-refractivity contribution in [3.8, 4) is 15.5 Å². The number of methoxy groups -OCH3 is 1. The van der Waals surface area contributed by atoms with Gasteiger partial charge in [-0.25, -0.2) is 4.98 Å². The molecule has 3 nitrogen and oxygen atoms in total. The largest absolute Gasteiger partial charge is 0.496 e. The predicted octanol–water partition coefficient (Wildman–Crippen LogP) is 4.48. The van der Waals surface area contributed by atoms with Crippen LogP contribution in [-0.4, -0.2) is 12.1 Å². The Bertz CT molecular complexity index is 748. The summed E-state index contributed by atoms with van der Waals surface area (Å²) >= 11 is 3.53. The number of thiazole rings is 1. The minimum atomic E-state index is 0.771. The van der Waals surface area contributed by atoms with E-state index in [-0.39, 0.29) is 0 Å². The van der Waals surface area contributed by atoms with Gasteiger partial charge in [-0.3, -0.25) is 0 Å². The fraction of sp³-hybridized carbons (Fsp3) is 0.235. The van der Waals surface area contributed by atoms with Gasteiger partial charge >= 0.3 is 0 Å². The number of benzene rings is 1. The van der Waals surface area contributed by atoms with Crippen molar-refractivity contribution >= 4 is 22.7 Å². The lowest BCUT2D eigenvalue weighted by atomic mass is 10.2. The molecule has 3 rings (SSSR count). The van der Waals surface area contributed by atoms with Gasteiger partial charge in [0.05, 0.1) is 12.0 Å². The van der Waals surface area contributed by atoms with E-state index in [1.54, 1.807) is 29.8 Å². The summed E-state index contributed by atoms with van der Waals surface area (Å²) in [5.74, 6) is 0.920. The molecule has 5 heteroatoms. The standard InChI is InChI=1S/C17H18N2OS2/c1-12-7-8-21-17(12)15-10-19-16(22-15)11-18-9-13-5-3-4-6-14(13)20-2/h3-8,10,18H,9,11H2,1-2H3. The van der Waals surface area contributed by atoms with Gasteiger partial charge in [0.1, 0.15) is 10.8 Å².